The highest BCUT2D eigenvalue weighted by molar-refractivity contribution is 7.92. The molecule has 2 nitrogen and oxygen atoms in total. The van der Waals surface area contributed by atoms with Crippen molar-refractivity contribution in [3.05, 3.63) is 12.0 Å². The fourth-order valence-corrected chi connectivity index (χ4v) is 1.76. The summed E-state index contributed by atoms with van der Waals surface area (Å²) in [6.07, 6.45) is -0.202. The first kappa shape index (κ1) is 8.96. The fraction of sp³-hybridized carbons (Fsp3) is 0.667. The van der Waals surface area contributed by atoms with Crippen molar-refractivity contribution in [1.29, 1.82) is 0 Å². The zero-order chi connectivity index (χ0) is 8.48. The number of nitrogens with zero attached hydrogens (tertiary/aromatic N) is 1. The molecule has 0 bridgehead atoms. The van der Waals surface area contributed by atoms with Crippen LogP contribution in [0.5, 0.6) is 0 Å². The number of alkyl halides is 2. The quantitative estimate of drug-likeness (QED) is 0.597. The number of halogens is 2. The van der Waals surface area contributed by atoms with Gasteiger partial charge in [0.25, 0.3) is 5.92 Å². The van der Waals surface area contributed by atoms with Gasteiger partial charge in [0.1, 0.15) is 12.0 Å². The Morgan fingerprint density at radius 2 is 2.27 bits per heavy atom. The van der Waals surface area contributed by atoms with Gasteiger partial charge in [-0.1, -0.05) is 0 Å². The second kappa shape index (κ2) is 3.08. The Kier molecular flexibility index (Phi) is 2.51. The standard InChI is InChI=1S/C6H9F2NOS/c1-2-11(10)9-4-3-6(7,8)5-9/h2H,1,3-5H2. The zero-order valence-corrected chi connectivity index (χ0v) is 6.74. The fourth-order valence-electron chi connectivity index (χ4n) is 0.963. The van der Waals surface area contributed by atoms with Crippen molar-refractivity contribution >= 4 is 11.4 Å². The third-order valence-electron chi connectivity index (χ3n) is 1.53. The molecule has 1 aliphatic rings. The van der Waals surface area contributed by atoms with Crippen LogP contribution in [0.3, 0.4) is 0 Å². The van der Waals surface area contributed by atoms with E-state index in [-0.39, 0.29) is 13.0 Å². The van der Waals surface area contributed by atoms with E-state index in [2.05, 4.69) is 6.58 Å². The van der Waals surface area contributed by atoms with Crippen LogP contribution in [-0.4, -0.2) is 27.9 Å². The van der Waals surface area contributed by atoms with Gasteiger partial charge in [0.05, 0.1) is 17.9 Å². The van der Waals surface area contributed by atoms with Crippen LogP contribution >= 0.6 is 0 Å². The lowest BCUT2D eigenvalue weighted by Gasteiger charge is -2.15. The second-order valence-electron chi connectivity index (χ2n) is 2.41. The molecule has 0 amide bonds. The lowest BCUT2D eigenvalue weighted by atomic mass is 10.3. The Balaban J connectivity index is 2.47. The van der Waals surface area contributed by atoms with Crippen molar-refractivity contribution in [2.24, 2.45) is 0 Å². The van der Waals surface area contributed by atoms with Crippen LogP contribution in [0, 0.1) is 0 Å². The van der Waals surface area contributed by atoms with E-state index in [0.717, 1.165) is 0 Å². The predicted molar refractivity (Wildman–Crippen MR) is 39.5 cm³/mol. The summed E-state index contributed by atoms with van der Waals surface area (Å²) in [4.78, 5) is 0. The first-order valence-electron chi connectivity index (χ1n) is 3.21. The maximum Gasteiger partial charge on any atom is 0.266 e. The van der Waals surface area contributed by atoms with E-state index in [9.17, 15) is 13.3 Å². The number of rotatable bonds is 2. The SMILES string of the molecule is C=C[S+]([O-])N1CCC(F)(F)C1. The molecule has 0 aromatic heterocycles. The summed E-state index contributed by atoms with van der Waals surface area (Å²) in [6, 6.07) is 0. The maximum atomic E-state index is 12.5. The van der Waals surface area contributed by atoms with E-state index in [1.807, 2.05) is 0 Å². The van der Waals surface area contributed by atoms with Crippen molar-refractivity contribution in [2.75, 3.05) is 13.1 Å². The highest BCUT2D eigenvalue weighted by Crippen LogP contribution is 2.28. The van der Waals surface area contributed by atoms with E-state index in [1.54, 1.807) is 0 Å². The molecule has 1 aliphatic heterocycles. The molecule has 5 heteroatoms. The molecule has 1 saturated heterocycles. The molecule has 0 aliphatic carbocycles. The topological polar surface area (TPSA) is 26.3 Å². The predicted octanol–water partition coefficient (Wildman–Crippen LogP) is 1.13. The Morgan fingerprint density at radius 3 is 2.64 bits per heavy atom. The van der Waals surface area contributed by atoms with Crippen LogP contribution in [-0.2, 0) is 11.4 Å². The molecule has 0 saturated carbocycles. The second-order valence-corrected chi connectivity index (χ2v) is 3.81. The lowest BCUT2D eigenvalue weighted by Crippen LogP contribution is -2.29. The molecule has 64 valence electrons. The summed E-state index contributed by atoms with van der Waals surface area (Å²) in [7, 11) is 0. The van der Waals surface area contributed by atoms with Gasteiger partial charge in [-0.15, -0.1) is 4.31 Å². The summed E-state index contributed by atoms with van der Waals surface area (Å²) < 4.78 is 37.1. The molecule has 1 unspecified atom stereocenters. The minimum Gasteiger partial charge on any atom is -0.593 e. The van der Waals surface area contributed by atoms with Gasteiger partial charge in [-0.25, -0.2) is 8.78 Å². The minimum absolute atomic E-state index is 0.186. The summed E-state index contributed by atoms with van der Waals surface area (Å²) in [6.45, 7) is 3.04. The van der Waals surface area contributed by atoms with Crippen LogP contribution in [0.1, 0.15) is 6.42 Å². The molecule has 1 heterocycles. The average Bonchev–Trinajstić information content (AvgIpc) is 2.29. The zero-order valence-electron chi connectivity index (χ0n) is 5.93. The van der Waals surface area contributed by atoms with E-state index < -0.39 is 23.8 Å². The van der Waals surface area contributed by atoms with Crippen LogP contribution in [0.2, 0.25) is 0 Å². The Labute approximate surface area is 67.2 Å². The van der Waals surface area contributed by atoms with Crippen molar-refractivity contribution in [1.82, 2.24) is 4.31 Å². The number of hydrogen-bond donors (Lipinski definition) is 0. The van der Waals surface area contributed by atoms with E-state index in [0.29, 0.717) is 0 Å². The number of hydrogen-bond acceptors (Lipinski definition) is 2. The Hall–Kier alpha value is -0.130. The molecule has 1 rings (SSSR count). The van der Waals surface area contributed by atoms with Crippen LogP contribution in [0.4, 0.5) is 8.78 Å². The molecule has 0 spiro atoms. The molecule has 0 radical (unpaired) electrons. The smallest absolute Gasteiger partial charge is 0.266 e. The van der Waals surface area contributed by atoms with Gasteiger partial charge in [-0.05, 0) is 6.58 Å². The molecule has 0 aromatic carbocycles. The normalized spacial score (nSPS) is 26.8. The summed E-state index contributed by atoms with van der Waals surface area (Å²) in [5.41, 5.74) is 0. The summed E-state index contributed by atoms with van der Waals surface area (Å²) >= 11 is -1.43. The van der Waals surface area contributed by atoms with Gasteiger partial charge >= 0.3 is 0 Å². The molecule has 0 aromatic rings. The third kappa shape index (κ3) is 2.15. The third-order valence-corrected chi connectivity index (χ3v) is 2.64. The van der Waals surface area contributed by atoms with Gasteiger partial charge in [0, 0.05) is 6.42 Å². The summed E-state index contributed by atoms with van der Waals surface area (Å²) in [5, 5.41) is 1.17. The largest absolute Gasteiger partial charge is 0.593 e. The summed E-state index contributed by atoms with van der Waals surface area (Å²) in [5.74, 6) is -2.67. The van der Waals surface area contributed by atoms with Crippen molar-refractivity contribution in [3.8, 4) is 0 Å². The average molecular weight is 181 g/mol. The highest BCUT2D eigenvalue weighted by Gasteiger charge is 2.42. The minimum atomic E-state index is -2.67. The van der Waals surface area contributed by atoms with Gasteiger partial charge in [-0.3, -0.25) is 0 Å². The first-order chi connectivity index (χ1) is 5.05. The monoisotopic (exact) mass is 181 g/mol. The van der Waals surface area contributed by atoms with E-state index in [1.165, 1.54) is 9.71 Å². The van der Waals surface area contributed by atoms with Crippen molar-refractivity contribution in [3.63, 3.8) is 0 Å². The van der Waals surface area contributed by atoms with Crippen LogP contribution in [0.25, 0.3) is 0 Å². The molecule has 1 atom stereocenters. The maximum absolute atomic E-state index is 12.5. The van der Waals surface area contributed by atoms with Gasteiger partial charge in [0.2, 0.25) is 0 Å². The van der Waals surface area contributed by atoms with Crippen LogP contribution < -0.4 is 0 Å². The molecule has 0 N–H and O–H groups in total. The molecule has 1 fully saturated rings. The van der Waals surface area contributed by atoms with E-state index in [4.69, 9.17) is 0 Å². The van der Waals surface area contributed by atoms with Crippen LogP contribution in [0.15, 0.2) is 12.0 Å². The molecular formula is C6H9F2NOS. The van der Waals surface area contributed by atoms with E-state index >= 15 is 0 Å². The van der Waals surface area contributed by atoms with Gasteiger partial charge in [-0.2, -0.15) is 0 Å². The Morgan fingerprint density at radius 1 is 1.64 bits per heavy atom. The van der Waals surface area contributed by atoms with Gasteiger partial charge in [0.15, 0.2) is 0 Å². The first-order valence-corrected chi connectivity index (χ1v) is 4.38. The van der Waals surface area contributed by atoms with Crippen molar-refractivity contribution in [2.45, 2.75) is 12.3 Å². The Bertz CT molecular complexity index is 165. The highest BCUT2D eigenvalue weighted by atomic mass is 32.2. The van der Waals surface area contributed by atoms with Crippen molar-refractivity contribution < 1.29 is 13.3 Å². The molecule has 11 heavy (non-hydrogen) atoms. The lowest BCUT2D eigenvalue weighted by molar-refractivity contribution is 0.0184. The van der Waals surface area contributed by atoms with Gasteiger partial charge < -0.3 is 4.55 Å². The molecular weight excluding hydrogens is 172 g/mol.